The molecule has 8 heteroatoms. The Morgan fingerprint density at radius 1 is 1.20 bits per heavy atom. The second-order valence-corrected chi connectivity index (χ2v) is 2.47. The highest BCUT2D eigenvalue weighted by molar-refractivity contribution is 5.43. The maximum atomic E-state index is 13.0. The SMILES string of the molecule is [N-]=[N+]=Nc1cc(F)cc(C(F)(F)F)c1F. The molecule has 1 aromatic rings. The summed E-state index contributed by atoms with van der Waals surface area (Å²) in [7, 11) is 0. The highest BCUT2D eigenvalue weighted by atomic mass is 19.4. The van der Waals surface area contributed by atoms with Gasteiger partial charge in [0.2, 0.25) is 0 Å². The Bertz CT molecular complexity index is 433. The van der Waals surface area contributed by atoms with Crippen molar-refractivity contribution in [2.24, 2.45) is 5.11 Å². The molecule has 0 saturated heterocycles. The predicted molar refractivity (Wildman–Crippen MR) is 40.2 cm³/mol. The minimum absolute atomic E-state index is 0.00821. The van der Waals surface area contributed by atoms with Gasteiger partial charge in [0.05, 0.1) is 11.3 Å². The van der Waals surface area contributed by atoms with Crippen LogP contribution in [0.2, 0.25) is 0 Å². The minimum Gasteiger partial charge on any atom is -0.207 e. The van der Waals surface area contributed by atoms with Crippen molar-refractivity contribution in [1.82, 2.24) is 0 Å². The molecule has 0 bridgehead atoms. The highest BCUT2D eigenvalue weighted by Crippen LogP contribution is 2.35. The largest absolute Gasteiger partial charge is 0.419 e. The maximum Gasteiger partial charge on any atom is 0.419 e. The molecule has 0 aliphatic rings. The summed E-state index contributed by atoms with van der Waals surface area (Å²) < 4.78 is 61.9. The Morgan fingerprint density at radius 3 is 2.27 bits per heavy atom. The van der Waals surface area contributed by atoms with Gasteiger partial charge < -0.3 is 0 Å². The number of nitrogens with zero attached hydrogens (tertiary/aromatic N) is 3. The quantitative estimate of drug-likeness (QED) is 0.300. The molecule has 1 rings (SSSR count). The van der Waals surface area contributed by atoms with E-state index in [1.807, 2.05) is 0 Å². The monoisotopic (exact) mass is 223 g/mol. The van der Waals surface area contributed by atoms with Gasteiger partial charge in [-0.1, -0.05) is 5.11 Å². The molecule has 0 aliphatic heterocycles. The fourth-order valence-electron chi connectivity index (χ4n) is 0.902. The molecule has 0 saturated carbocycles. The van der Waals surface area contributed by atoms with Crippen molar-refractivity contribution in [3.8, 4) is 0 Å². The van der Waals surface area contributed by atoms with Crippen molar-refractivity contribution in [2.45, 2.75) is 6.18 Å². The molecule has 0 aliphatic carbocycles. The van der Waals surface area contributed by atoms with Crippen LogP contribution in [0.25, 0.3) is 10.4 Å². The first kappa shape index (κ1) is 11.3. The third-order valence-electron chi connectivity index (χ3n) is 1.48. The lowest BCUT2D eigenvalue weighted by Gasteiger charge is -2.09. The molecular formula is C7H2F5N3. The first-order valence-electron chi connectivity index (χ1n) is 3.47. The fraction of sp³-hybridized carbons (Fsp3) is 0.143. The summed E-state index contributed by atoms with van der Waals surface area (Å²) in [6.45, 7) is 0. The van der Waals surface area contributed by atoms with Crippen LogP contribution in [0.15, 0.2) is 17.2 Å². The van der Waals surface area contributed by atoms with Gasteiger partial charge in [-0.2, -0.15) is 13.2 Å². The molecule has 0 amide bonds. The second kappa shape index (κ2) is 3.74. The van der Waals surface area contributed by atoms with E-state index in [9.17, 15) is 22.0 Å². The van der Waals surface area contributed by atoms with E-state index in [1.54, 1.807) is 0 Å². The van der Waals surface area contributed by atoms with Crippen LogP contribution in [0.1, 0.15) is 5.56 Å². The molecule has 0 N–H and O–H groups in total. The number of benzene rings is 1. The van der Waals surface area contributed by atoms with Gasteiger partial charge in [-0.25, -0.2) is 8.78 Å². The molecule has 0 heterocycles. The number of halogens is 5. The molecule has 0 radical (unpaired) electrons. The number of rotatable bonds is 1. The molecule has 0 spiro atoms. The van der Waals surface area contributed by atoms with E-state index in [1.165, 1.54) is 0 Å². The van der Waals surface area contributed by atoms with Gasteiger partial charge in [-0.05, 0) is 17.7 Å². The van der Waals surface area contributed by atoms with E-state index in [0.717, 1.165) is 0 Å². The van der Waals surface area contributed by atoms with Crippen LogP contribution in [0, 0.1) is 11.6 Å². The van der Waals surface area contributed by atoms with E-state index in [-0.39, 0.29) is 6.07 Å². The summed E-state index contributed by atoms with van der Waals surface area (Å²) in [5.74, 6) is -3.12. The summed E-state index contributed by atoms with van der Waals surface area (Å²) in [6.07, 6.45) is -5.04. The number of azide groups is 1. The molecule has 0 aromatic heterocycles. The smallest absolute Gasteiger partial charge is 0.207 e. The van der Waals surface area contributed by atoms with Gasteiger partial charge in [0.15, 0.2) is 0 Å². The zero-order valence-corrected chi connectivity index (χ0v) is 6.89. The van der Waals surface area contributed by atoms with Crippen molar-refractivity contribution in [2.75, 3.05) is 0 Å². The highest BCUT2D eigenvalue weighted by Gasteiger charge is 2.35. The van der Waals surface area contributed by atoms with Crippen LogP contribution < -0.4 is 0 Å². The van der Waals surface area contributed by atoms with E-state index < -0.39 is 29.1 Å². The van der Waals surface area contributed by atoms with Crippen molar-refractivity contribution >= 4 is 5.69 Å². The van der Waals surface area contributed by atoms with Gasteiger partial charge in [-0.3, -0.25) is 0 Å². The Morgan fingerprint density at radius 2 is 1.80 bits per heavy atom. The van der Waals surface area contributed by atoms with Crippen LogP contribution in [0.5, 0.6) is 0 Å². The molecule has 15 heavy (non-hydrogen) atoms. The van der Waals surface area contributed by atoms with Crippen molar-refractivity contribution in [3.05, 3.63) is 39.8 Å². The third kappa shape index (κ3) is 2.35. The van der Waals surface area contributed by atoms with Gasteiger partial charge in [-0.15, -0.1) is 0 Å². The summed E-state index contributed by atoms with van der Waals surface area (Å²) >= 11 is 0. The van der Waals surface area contributed by atoms with Crippen molar-refractivity contribution in [1.29, 1.82) is 0 Å². The number of hydrogen-bond acceptors (Lipinski definition) is 1. The standard InChI is InChI=1S/C7H2F5N3/c8-3-1-4(7(10,11)12)6(9)5(2-3)14-15-13/h1-2H. The van der Waals surface area contributed by atoms with E-state index in [0.29, 0.717) is 6.07 Å². The molecule has 3 nitrogen and oxygen atoms in total. The van der Waals surface area contributed by atoms with Crippen LogP contribution in [0.4, 0.5) is 27.6 Å². The minimum atomic E-state index is -5.04. The van der Waals surface area contributed by atoms with Crippen LogP contribution in [0.3, 0.4) is 0 Å². The molecule has 0 fully saturated rings. The molecule has 0 atom stereocenters. The normalized spacial score (nSPS) is 11.0. The molecular weight excluding hydrogens is 221 g/mol. The van der Waals surface area contributed by atoms with Crippen molar-refractivity contribution in [3.63, 3.8) is 0 Å². The average Bonchev–Trinajstić information content (AvgIpc) is 2.09. The van der Waals surface area contributed by atoms with Crippen LogP contribution in [-0.2, 0) is 6.18 Å². The van der Waals surface area contributed by atoms with Gasteiger partial charge in [0.25, 0.3) is 0 Å². The second-order valence-electron chi connectivity index (χ2n) is 2.47. The van der Waals surface area contributed by atoms with Crippen LogP contribution in [-0.4, -0.2) is 0 Å². The predicted octanol–water partition coefficient (Wildman–Crippen LogP) is 3.93. The summed E-state index contributed by atoms with van der Waals surface area (Å²) in [4.78, 5) is 2.08. The van der Waals surface area contributed by atoms with Gasteiger partial charge in [0, 0.05) is 4.91 Å². The Kier molecular flexibility index (Phi) is 2.81. The lowest BCUT2D eigenvalue weighted by atomic mass is 10.1. The van der Waals surface area contributed by atoms with Gasteiger partial charge in [0.1, 0.15) is 11.6 Å². The Balaban J connectivity index is 3.48. The Hall–Kier alpha value is -1.82. The Labute approximate surface area is 79.8 Å². The fourth-order valence-corrected chi connectivity index (χ4v) is 0.902. The maximum absolute atomic E-state index is 13.0. The topological polar surface area (TPSA) is 48.8 Å². The first-order valence-corrected chi connectivity index (χ1v) is 3.47. The van der Waals surface area contributed by atoms with Crippen molar-refractivity contribution < 1.29 is 22.0 Å². The average molecular weight is 223 g/mol. The van der Waals surface area contributed by atoms with E-state index in [2.05, 4.69) is 10.0 Å². The summed E-state index contributed by atoms with van der Waals surface area (Å²) in [5.41, 5.74) is 5.09. The zero-order chi connectivity index (χ0) is 11.6. The number of alkyl halides is 3. The van der Waals surface area contributed by atoms with E-state index in [4.69, 9.17) is 5.53 Å². The first-order chi connectivity index (χ1) is 6.86. The van der Waals surface area contributed by atoms with Crippen LogP contribution >= 0.6 is 0 Å². The molecule has 1 aromatic carbocycles. The third-order valence-corrected chi connectivity index (χ3v) is 1.48. The zero-order valence-electron chi connectivity index (χ0n) is 6.89. The summed E-state index contributed by atoms with van der Waals surface area (Å²) in [5, 5.41) is 2.61. The molecule has 80 valence electrons. The number of hydrogen-bond donors (Lipinski definition) is 0. The summed E-state index contributed by atoms with van der Waals surface area (Å²) in [6, 6.07) is 0.371. The van der Waals surface area contributed by atoms with Gasteiger partial charge >= 0.3 is 6.18 Å². The molecule has 0 unspecified atom stereocenters. The lowest BCUT2D eigenvalue weighted by molar-refractivity contribution is -0.140. The van der Waals surface area contributed by atoms with E-state index >= 15 is 0 Å². The lowest BCUT2D eigenvalue weighted by Crippen LogP contribution is -2.08.